The molecule has 0 unspecified atom stereocenters. The number of carbonyl (C=O) groups is 1. The quantitative estimate of drug-likeness (QED) is 0.704. The minimum atomic E-state index is -0.266. The lowest BCUT2D eigenvalue weighted by Crippen LogP contribution is -2.36. The number of hydrogen-bond acceptors (Lipinski definition) is 1. The Morgan fingerprint density at radius 1 is 1.08 bits per heavy atom. The Kier molecular flexibility index (Phi) is 3.95. The van der Waals surface area contributed by atoms with Crippen molar-refractivity contribution >= 4 is 5.91 Å². The Morgan fingerprint density at radius 3 is 1.85 bits per heavy atom. The molecule has 0 saturated heterocycles. The standard InChI is InChI=1S/C11H23NO/c1-10(2,3)7-8-12-9(13)11(4,5)6/h7-8H2,1-6H3,(H,12,13). The van der Waals surface area contributed by atoms with Crippen LogP contribution in [0.5, 0.6) is 0 Å². The van der Waals surface area contributed by atoms with Gasteiger partial charge in [0.25, 0.3) is 0 Å². The van der Waals surface area contributed by atoms with Crippen molar-refractivity contribution in [2.45, 2.75) is 48.0 Å². The Morgan fingerprint density at radius 2 is 1.54 bits per heavy atom. The lowest BCUT2D eigenvalue weighted by molar-refractivity contribution is -0.128. The molecule has 0 heterocycles. The second kappa shape index (κ2) is 4.12. The molecule has 0 bridgehead atoms. The van der Waals surface area contributed by atoms with Crippen molar-refractivity contribution < 1.29 is 4.79 Å². The van der Waals surface area contributed by atoms with E-state index in [0.29, 0.717) is 5.41 Å². The highest BCUT2D eigenvalue weighted by molar-refractivity contribution is 5.81. The highest BCUT2D eigenvalue weighted by Crippen LogP contribution is 2.18. The second-order valence-corrected chi connectivity index (χ2v) is 5.82. The van der Waals surface area contributed by atoms with Gasteiger partial charge in [0.05, 0.1) is 0 Å². The minimum Gasteiger partial charge on any atom is -0.356 e. The Labute approximate surface area is 82.1 Å². The van der Waals surface area contributed by atoms with Crippen LogP contribution < -0.4 is 5.32 Å². The highest BCUT2D eigenvalue weighted by Gasteiger charge is 2.21. The number of carbonyl (C=O) groups excluding carboxylic acids is 1. The first kappa shape index (κ1) is 12.5. The van der Waals surface area contributed by atoms with Crippen molar-refractivity contribution in [3.63, 3.8) is 0 Å². The van der Waals surface area contributed by atoms with Crippen LogP contribution >= 0.6 is 0 Å². The van der Waals surface area contributed by atoms with E-state index in [9.17, 15) is 4.79 Å². The van der Waals surface area contributed by atoms with E-state index in [4.69, 9.17) is 0 Å². The maximum atomic E-state index is 11.4. The van der Waals surface area contributed by atoms with Crippen LogP contribution in [0.3, 0.4) is 0 Å². The van der Waals surface area contributed by atoms with Crippen LogP contribution in [0, 0.1) is 10.8 Å². The molecule has 0 aliphatic carbocycles. The maximum absolute atomic E-state index is 11.4. The molecule has 0 radical (unpaired) electrons. The lowest BCUT2D eigenvalue weighted by Gasteiger charge is -2.21. The van der Waals surface area contributed by atoms with Crippen molar-refractivity contribution in [2.24, 2.45) is 10.8 Å². The zero-order valence-corrected chi connectivity index (χ0v) is 9.82. The fraction of sp³-hybridized carbons (Fsp3) is 0.909. The summed E-state index contributed by atoms with van der Waals surface area (Å²) in [6.45, 7) is 13.1. The summed E-state index contributed by atoms with van der Waals surface area (Å²) in [5.41, 5.74) is 0.0308. The predicted octanol–water partition coefficient (Wildman–Crippen LogP) is 2.58. The number of rotatable bonds is 2. The van der Waals surface area contributed by atoms with E-state index in [1.54, 1.807) is 0 Å². The van der Waals surface area contributed by atoms with E-state index in [0.717, 1.165) is 13.0 Å². The summed E-state index contributed by atoms with van der Waals surface area (Å²) < 4.78 is 0. The molecule has 0 aliphatic rings. The van der Waals surface area contributed by atoms with Gasteiger partial charge in [-0.2, -0.15) is 0 Å². The molecule has 0 spiro atoms. The Hall–Kier alpha value is -0.530. The van der Waals surface area contributed by atoms with Crippen molar-refractivity contribution in [1.82, 2.24) is 5.32 Å². The van der Waals surface area contributed by atoms with Crippen LogP contribution in [0.4, 0.5) is 0 Å². The Bertz CT molecular complexity index is 172. The second-order valence-electron chi connectivity index (χ2n) is 5.82. The largest absolute Gasteiger partial charge is 0.356 e. The topological polar surface area (TPSA) is 29.1 Å². The maximum Gasteiger partial charge on any atom is 0.225 e. The van der Waals surface area contributed by atoms with E-state index in [1.165, 1.54) is 0 Å². The molecule has 1 N–H and O–H groups in total. The fourth-order valence-electron chi connectivity index (χ4n) is 0.816. The zero-order chi connectivity index (χ0) is 10.7. The summed E-state index contributed by atoms with van der Waals surface area (Å²) in [6.07, 6.45) is 1.02. The molecule has 0 aromatic rings. The Balaban J connectivity index is 3.74. The van der Waals surface area contributed by atoms with E-state index in [2.05, 4.69) is 26.1 Å². The third-order valence-corrected chi connectivity index (χ3v) is 1.84. The molecule has 0 saturated carbocycles. The van der Waals surface area contributed by atoms with Gasteiger partial charge in [0.15, 0.2) is 0 Å². The molecule has 78 valence electrons. The first-order valence-electron chi connectivity index (χ1n) is 4.91. The van der Waals surface area contributed by atoms with Crippen molar-refractivity contribution in [1.29, 1.82) is 0 Å². The molecule has 2 nitrogen and oxygen atoms in total. The molecule has 0 aliphatic heterocycles. The molecule has 13 heavy (non-hydrogen) atoms. The van der Waals surface area contributed by atoms with Crippen molar-refractivity contribution in [3.05, 3.63) is 0 Å². The van der Waals surface area contributed by atoms with Gasteiger partial charge in [0.1, 0.15) is 0 Å². The highest BCUT2D eigenvalue weighted by atomic mass is 16.2. The van der Waals surface area contributed by atoms with Crippen LogP contribution in [0.2, 0.25) is 0 Å². The van der Waals surface area contributed by atoms with E-state index in [1.807, 2.05) is 20.8 Å². The van der Waals surface area contributed by atoms with Crippen LogP contribution in [-0.4, -0.2) is 12.5 Å². The molecule has 1 amide bonds. The van der Waals surface area contributed by atoms with Crippen molar-refractivity contribution in [2.75, 3.05) is 6.54 Å². The zero-order valence-electron chi connectivity index (χ0n) is 9.82. The smallest absolute Gasteiger partial charge is 0.225 e. The molecule has 2 heteroatoms. The summed E-state index contributed by atoms with van der Waals surface area (Å²) in [4.78, 5) is 11.4. The molecule has 0 fully saturated rings. The van der Waals surface area contributed by atoms with Crippen LogP contribution in [0.15, 0.2) is 0 Å². The predicted molar refractivity (Wildman–Crippen MR) is 56.5 cm³/mol. The SMILES string of the molecule is CC(C)(C)CCNC(=O)C(C)(C)C. The van der Waals surface area contributed by atoms with Gasteiger partial charge < -0.3 is 5.32 Å². The third-order valence-electron chi connectivity index (χ3n) is 1.84. The third kappa shape index (κ3) is 6.62. The van der Waals surface area contributed by atoms with Crippen molar-refractivity contribution in [3.8, 4) is 0 Å². The molecule has 0 rings (SSSR count). The van der Waals surface area contributed by atoms with Gasteiger partial charge in [0.2, 0.25) is 5.91 Å². The summed E-state index contributed by atoms with van der Waals surface area (Å²) in [7, 11) is 0. The molecular formula is C11H23NO. The average Bonchev–Trinajstić information content (AvgIpc) is 1.82. The van der Waals surface area contributed by atoms with Gasteiger partial charge in [-0.15, -0.1) is 0 Å². The van der Waals surface area contributed by atoms with Gasteiger partial charge in [-0.25, -0.2) is 0 Å². The van der Waals surface area contributed by atoms with Gasteiger partial charge in [-0.3, -0.25) is 4.79 Å². The minimum absolute atomic E-state index is 0.136. The molecule has 0 atom stereocenters. The molecule has 0 aromatic carbocycles. The van der Waals surface area contributed by atoms with E-state index >= 15 is 0 Å². The first-order chi connectivity index (χ1) is 5.63. The monoisotopic (exact) mass is 185 g/mol. The van der Waals surface area contributed by atoms with Crippen LogP contribution in [0.25, 0.3) is 0 Å². The van der Waals surface area contributed by atoms with Gasteiger partial charge in [-0.1, -0.05) is 41.5 Å². The average molecular weight is 185 g/mol. The summed E-state index contributed by atoms with van der Waals surface area (Å²) in [5.74, 6) is 0.136. The summed E-state index contributed by atoms with van der Waals surface area (Å²) in [5, 5.41) is 2.94. The summed E-state index contributed by atoms with van der Waals surface area (Å²) in [6, 6.07) is 0. The van der Waals surface area contributed by atoms with Gasteiger partial charge in [-0.05, 0) is 11.8 Å². The van der Waals surface area contributed by atoms with E-state index in [-0.39, 0.29) is 11.3 Å². The van der Waals surface area contributed by atoms with Crippen LogP contribution in [0.1, 0.15) is 48.0 Å². The van der Waals surface area contributed by atoms with Gasteiger partial charge in [0, 0.05) is 12.0 Å². The van der Waals surface area contributed by atoms with Crippen LogP contribution in [-0.2, 0) is 4.79 Å². The van der Waals surface area contributed by atoms with Gasteiger partial charge >= 0.3 is 0 Å². The lowest BCUT2D eigenvalue weighted by atomic mass is 9.91. The number of nitrogens with one attached hydrogen (secondary N) is 1. The first-order valence-corrected chi connectivity index (χ1v) is 4.91. The number of amides is 1. The summed E-state index contributed by atoms with van der Waals surface area (Å²) >= 11 is 0. The number of hydrogen-bond donors (Lipinski definition) is 1. The van der Waals surface area contributed by atoms with E-state index < -0.39 is 0 Å². The normalized spacial score (nSPS) is 12.8. The molecular weight excluding hydrogens is 162 g/mol. The molecule has 0 aromatic heterocycles. The fourth-order valence-corrected chi connectivity index (χ4v) is 0.816.